The number of rotatable bonds is 1. The topological polar surface area (TPSA) is 78.1 Å². The Hall–Kier alpha value is -2.16. The SMILES string of the molecule is Nc1ccc(N)c(-c2ccccc2)c1N. The lowest BCUT2D eigenvalue weighted by molar-refractivity contribution is 1.59. The van der Waals surface area contributed by atoms with Crippen LogP contribution in [0.25, 0.3) is 11.1 Å². The monoisotopic (exact) mass is 199 g/mol. The van der Waals surface area contributed by atoms with Gasteiger partial charge < -0.3 is 17.2 Å². The molecule has 0 fully saturated rings. The van der Waals surface area contributed by atoms with Crippen LogP contribution in [-0.4, -0.2) is 0 Å². The lowest BCUT2D eigenvalue weighted by Gasteiger charge is -2.11. The summed E-state index contributed by atoms with van der Waals surface area (Å²) in [6, 6.07) is 13.2. The maximum atomic E-state index is 5.91. The van der Waals surface area contributed by atoms with E-state index < -0.39 is 0 Å². The van der Waals surface area contributed by atoms with Crippen molar-refractivity contribution < 1.29 is 0 Å². The predicted molar refractivity (Wildman–Crippen MR) is 65.1 cm³/mol. The number of anilines is 3. The van der Waals surface area contributed by atoms with Crippen LogP contribution in [0.5, 0.6) is 0 Å². The average molecular weight is 199 g/mol. The van der Waals surface area contributed by atoms with E-state index >= 15 is 0 Å². The molecule has 3 heteroatoms. The molecule has 0 aliphatic heterocycles. The molecule has 0 bridgehead atoms. The minimum Gasteiger partial charge on any atom is -0.398 e. The molecule has 2 aromatic carbocycles. The zero-order chi connectivity index (χ0) is 10.8. The maximum absolute atomic E-state index is 5.91. The molecular formula is C12H13N3. The second-order valence-corrected chi connectivity index (χ2v) is 3.40. The van der Waals surface area contributed by atoms with Gasteiger partial charge in [-0.15, -0.1) is 0 Å². The predicted octanol–water partition coefficient (Wildman–Crippen LogP) is 2.10. The van der Waals surface area contributed by atoms with Gasteiger partial charge in [-0.3, -0.25) is 0 Å². The molecule has 0 aliphatic carbocycles. The van der Waals surface area contributed by atoms with E-state index in [1.807, 2.05) is 30.3 Å². The molecule has 0 saturated heterocycles. The number of benzene rings is 2. The first-order chi connectivity index (χ1) is 7.20. The van der Waals surface area contributed by atoms with Crippen molar-refractivity contribution in [3.05, 3.63) is 42.5 Å². The van der Waals surface area contributed by atoms with Gasteiger partial charge in [-0.2, -0.15) is 0 Å². The molecule has 76 valence electrons. The highest BCUT2D eigenvalue weighted by molar-refractivity contribution is 5.92. The molecule has 0 spiro atoms. The van der Waals surface area contributed by atoms with Gasteiger partial charge in [0, 0.05) is 11.3 Å². The second kappa shape index (κ2) is 3.53. The number of nitrogen functional groups attached to an aromatic ring is 3. The summed E-state index contributed by atoms with van der Waals surface area (Å²) in [5.74, 6) is 0. The third kappa shape index (κ3) is 1.59. The van der Waals surface area contributed by atoms with Crippen molar-refractivity contribution in [2.75, 3.05) is 17.2 Å². The third-order valence-corrected chi connectivity index (χ3v) is 2.37. The number of hydrogen-bond acceptors (Lipinski definition) is 3. The van der Waals surface area contributed by atoms with Gasteiger partial charge in [0.25, 0.3) is 0 Å². The van der Waals surface area contributed by atoms with Crippen molar-refractivity contribution in [1.29, 1.82) is 0 Å². The molecular weight excluding hydrogens is 186 g/mol. The van der Waals surface area contributed by atoms with E-state index in [9.17, 15) is 0 Å². The summed E-state index contributed by atoms with van der Waals surface area (Å²) in [7, 11) is 0. The van der Waals surface area contributed by atoms with Gasteiger partial charge in [0.1, 0.15) is 0 Å². The molecule has 0 aromatic heterocycles. The Morgan fingerprint density at radius 3 is 1.93 bits per heavy atom. The van der Waals surface area contributed by atoms with E-state index in [4.69, 9.17) is 17.2 Å². The molecule has 0 atom stereocenters. The largest absolute Gasteiger partial charge is 0.398 e. The van der Waals surface area contributed by atoms with E-state index in [0.29, 0.717) is 17.1 Å². The normalized spacial score (nSPS) is 10.1. The van der Waals surface area contributed by atoms with Crippen LogP contribution in [0.1, 0.15) is 0 Å². The zero-order valence-electron chi connectivity index (χ0n) is 8.27. The van der Waals surface area contributed by atoms with Gasteiger partial charge in [0.2, 0.25) is 0 Å². The first-order valence-corrected chi connectivity index (χ1v) is 4.69. The van der Waals surface area contributed by atoms with Crippen molar-refractivity contribution >= 4 is 17.1 Å². The maximum Gasteiger partial charge on any atom is 0.0648 e. The zero-order valence-corrected chi connectivity index (χ0v) is 8.27. The first-order valence-electron chi connectivity index (χ1n) is 4.69. The minimum absolute atomic E-state index is 0.543. The van der Waals surface area contributed by atoms with Gasteiger partial charge in [-0.05, 0) is 17.7 Å². The van der Waals surface area contributed by atoms with Crippen LogP contribution in [0.3, 0.4) is 0 Å². The fourth-order valence-corrected chi connectivity index (χ4v) is 1.58. The Balaban J connectivity index is 2.68. The van der Waals surface area contributed by atoms with Crippen LogP contribution >= 0.6 is 0 Å². The summed E-state index contributed by atoms with van der Waals surface area (Å²) >= 11 is 0. The summed E-state index contributed by atoms with van der Waals surface area (Å²) in [6.07, 6.45) is 0. The van der Waals surface area contributed by atoms with Crippen molar-refractivity contribution in [3.63, 3.8) is 0 Å². The van der Waals surface area contributed by atoms with Crippen LogP contribution in [0, 0.1) is 0 Å². The fourth-order valence-electron chi connectivity index (χ4n) is 1.58. The Kier molecular flexibility index (Phi) is 2.21. The van der Waals surface area contributed by atoms with E-state index in [1.165, 1.54) is 0 Å². The molecule has 0 amide bonds. The first kappa shape index (κ1) is 9.40. The summed E-state index contributed by atoms with van der Waals surface area (Å²) in [5, 5.41) is 0. The van der Waals surface area contributed by atoms with Crippen LogP contribution in [0.4, 0.5) is 17.1 Å². The number of nitrogens with two attached hydrogens (primary N) is 3. The highest BCUT2D eigenvalue weighted by atomic mass is 14.7. The third-order valence-electron chi connectivity index (χ3n) is 2.37. The van der Waals surface area contributed by atoms with Crippen molar-refractivity contribution in [1.82, 2.24) is 0 Å². The summed E-state index contributed by atoms with van der Waals surface area (Å²) < 4.78 is 0. The summed E-state index contributed by atoms with van der Waals surface area (Å²) in [5.41, 5.74) is 21.1. The molecule has 15 heavy (non-hydrogen) atoms. The molecule has 0 unspecified atom stereocenters. The van der Waals surface area contributed by atoms with E-state index in [-0.39, 0.29) is 0 Å². The van der Waals surface area contributed by atoms with E-state index in [0.717, 1.165) is 11.1 Å². The standard InChI is InChI=1S/C12H13N3/c13-9-6-7-10(14)12(15)11(9)8-4-2-1-3-5-8/h1-7H,13-15H2. The van der Waals surface area contributed by atoms with Gasteiger partial charge in [-0.1, -0.05) is 30.3 Å². The van der Waals surface area contributed by atoms with Gasteiger partial charge in [0.05, 0.1) is 11.4 Å². The molecule has 0 radical (unpaired) electrons. The molecule has 3 nitrogen and oxygen atoms in total. The summed E-state index contributed by atoms with van der Waals surface area (Å²) in [4.78, 5) is 0. The molecule has 0 saturated carbocycles. The lowest BCUT2D eigenvalue weighted by Crippen LogP contribution is -2.00. The van der Waals surface area contributed by atoms with Crippen molar-refractivity contribution in [3.8, 4) is 11.1 Å². The van der Waals surface area contributed by atoms with Crippen LogP contribution in [0.2, 0.25) is 0 Å². The van der Waals surface area contributed by atoms with Crippen molar-refractivity contribution in [2.24, 2.45) is 0 Å². The smallest absolute Gasteiger partial charge is 0.0648 e. The number of hydrogen-bond donors (Lipinski definition) is 3. The second-order valence-electron chi connectivity index (χ2n) is 3.40. The highest BCUT2D eigenvalue weighted by Gasteiger charge is 2.08. The van der Waals surface area contributed by atoms with Gasteiger partial charge in [-0.25, -0.2) is 0 Å². The Morgan fingerprint density at radius 1 is 0.667 bits per heavy atom. The molecule has 0 aliphatic rings. The average Bonchev–Trinajstić information content (AvgIpc) is 2.26. The van der Waals surface area contributed by atoms with Gasteiger partial charge >= 0.3 is 0 Å². The highest BCUT2D eigenvalue weighted by Crippen LogP contribution is 2.35. The lowest BCUT2D eigenvalue weighted by atomic mass is 10.0. The minimum atomic E-state index is 0.543. The Morgan fingerprint density at radius 2 is 1.27 bits per heavy atom. The van der Waals surface area contributed by atoms with Crippen LogP contribution < -0.4 is 17.2 Å². The van der Waals surface area contributed by atoms with E-state index in [1.54, 1.807) is 12.1 Å². The Labute approximate surface area is 88.5 Å². The quantitative estimate of drug-likeness (QED) is 0.615. The van der Waals surface area contributed by atoms with Gasteiger partial charge in [0.15, 0.2) is 0 Å². The van der Waals surface area contributed by atoms with Crippen molar-refractivity contribution in [2.45, 2.75) is 0 Å². The molecule has 2 rings (SSSR count). The van der Waals surface area contributed by atoms with Crippen LogP contribution in [0.15, 0.2) is 42.5 Å². The molecule has 0 heterocycles. The van der Waals surface area contributed by atoms with Crippen LogP contribution in [-0.2, 0) is 0 Å². The summed E-state index contributed by atoms with van der Waals surface area (Å²) in [6.45, 7) is 0. The molecule has 2 aromatic rings. The van der Waals surface area contributed by atoms with E-state index in [2.05, 4.69) is 0 Å². The fraction of sp³-hybridized carbons (Fsp3) is 0. The molecule has 6 N–H and O–H groups in total. The Bertz CT molecular complexity index is 478.